The summed E-state index contributed by atoms with van der Waals surface area (Å²) < 4.78 is 12.1. The van der Waals surface area contributed by atoms with Crippen molar-refractivity contribution in [1.29, 1.82) is 0 Å². The number of carboxylic acids is 1. The van der Waals surface area contributed by atoms with Crippen LogP contribution in [0.3, 0.4) is 0 Å². The molecule has 0 spiro atoms. The molecule has 0 aliphatic carbocycles. The van der Waals surface area contributed by atoms with Crippen molar-refractivity contribution in [3.63, 3.8) is 0 Å². The molecule has 168 valence electrons. The standard InChI is InChI=1S/C23H23BrN2O5S/c1-4-26-21(27)19(32-23(26)25-16-9-7-15(8-10-16)22(28)29)13-14-11-17(24)20(31-6-3)18(12-14)30-5-2/h7-13H,4-6H2,1-3H3,(H,28,29)/b19-13-,25-23?. The van der Waals surface area contributed by atoms with E-state index in [2.05, 4.69) is 20.9 Å². The highest BCUT2D eigenvalue weighted by Crippen LogP contribution is 2.39. The summed E-state index contributed by atoms with van der Waals surface area (Å²) in [5.74, 6) is 0.0965. The summed E-state index contributed by atoms with van der Waals surface area (Å²) in [5.41, 5.74) is 1.55. The Morgan fingerprint density at radius 1 is 1.16 bits per heavy atom. The zero-order valence-corrected chi connectivity index (χ0v) is 20.3. The van der Waals surface area contributed by atoms with Crippen LogP contribution >= 0.6 is 27.7 Å². The molecule has 2 aromatic carbocycles. The molecule has 1 N–H and O–H groups in total. The van der Waals surface area contributed by atoms with Crippen LogP contribution in [0.15, 0.2) is 50.8 Å². The first-order valence-corrected chi connectivity index (χ1v) is 11.7. The predicted molar refractivity (Wildman–Crippen MR) is 130 cm³/mol. The molecular weight excluding hydrogens is 496 g/mol. The number of aromatic carboxylic acids is 1. The van der Waals surface area contributed by atoms with Crippen LogP contribution in [0.4, 0.5) is 5.69 Å². The van der Waals surface area contributed by atoms with Gasteiger partial charge < -0.3 is 14.6 Å². The average molecular weight is 519 g/mol. The van der Waals surface area contributed by atoms with Crippen molar-refractivity contribution in [3.8, 4) is 11.5 Å². The van der Waals surface area contributed by atoms with Crippen LogP contribution in [0.5, 0.6) is 11.5 Å². The average Bonchev–Trinajstić information content (AvgIpc) is 3.05. The highest BCUT2D eigenvalue weighted by atomic mass is 79.9. The minimum atomic E-state index is -0.997. The van der Waals surface area contributed by atoms with Crippen molar-refractivity contribution < 1.29 is 24.2 Å². The van der Waals surface area contributed by atoms with Gasteiger partial charge in [-0.25, -0.2) is 9.79 Å². The van der Waals surface area contributed by atoms with E-state index in [0.717, 1.165) is 10.0 Å². The number of hydrogen-bond donors (Lipinski definition) is 1. The number of thioether (sulfide) groups is 1. The Morgan fingerprint density at radius 3 is 2.44 bits per heavy atom. The fourth-order valence-electron chi connectivity index (χ4n) is 3.03. The molecule has 1 aliphatic rings. The number of ether oxygens (including phenoxy) is 2. The monoisotopic (exact) mass is 518 g/mol. The molecule has 1 heterocycles. The van der Waals surface area contributed by atoms with Gasteiger partial charge in [0.15, 0.2) is 16.7 Å². The Hall–Kier alpha value is -2.78. The Labute approximate surface area is 199 Å². The Bertz CT molecular complexity index is 1080. The van der Waals surface area contributed by atoms with Gasteiger partial charge in [0, 0.05) is 6.54 Å². The summed E-state index contributed by atoms with van der Waals surface area (Å²) in [6.45, 7) is 7.14. The molecule has 0 saturated carbocycles. The maximum atomic E-state index is 13.0. The van der Waals surface area contributed by atoms with Gasteiger partial charge in [-0.15, -0.1) is 0 Å². The molecule has 1 amide bonds. The lowest BCUT2D eigenvalue weighted by molar-refractivity contribution is -0.122. The van der Waals surface area contributed by atoms with Crippen molar-refractivity contribution in [3.05, 3.63) is 56.9 Å². The molecule has 9 heteroatoms. The summed E-state index contributed by atoms with van der Waals surface area (Å²) in [7, 11) is 0. The minimum Gasteiger partial charge on any atom is -0.490 e. The smallest absolute Gasteiger partial charge is 0.335 e. The molecule has 0 atom stereocenters. The third-order valence-corrected chi connectivity index (χ3v) is 6.06. The fraction of sp³-hybridized carbons (Fsp3) is 0.261. The Morgan fingerprint density at radius 2 is 1.84 bits per heavy atom. The molecule has 2 aromatic rings. The topological polar surface area (TPSA) is 88.4 Å². The van der Waals surface area contributed by atoms with Gasteiger partial charge >= 0.3 is 5.97 Å². The van der Waals surface area contributed by atoms with Gasteiger partial charge in [0.05, 0.1) is 33.8 Å². The van der Waals surface area contributed by atoms with Gasteiger partial charge in [-0.3, -0.25) is 9.69 Å². The summed E-state index contributed by atoms with van der Waals surface area (Å²) in [6.07, 6.45) is 1.80. The number of halogens is 1. The van der Waals surface area contributed by atoms with Crippen LogP contribution in [-0.4, -0.2) is 46.8 Å². The second-order valence-electron chi connectivity index (χ2n) is 6.60. The zero-order valence-electron chi connectivity index (χ0n) is 17.9. The van der Waals surface area contributed by atoms with E-state index < -0.39 is 5.97 Å². The second kappa shape index (κ2) is 10.7. The number of rotatable bonds is 8. The number of likely N-dealkylation sites (N-methyl/N-ethyl adjacent to an activating group) is 1. The number of carbonyl (C=O) groups is 2. The van der Waals surface area contributed by atoms with Gasteiger partial charge in [0.2, 0.25) is 0 Å². The van der Waals surface area contributed by atoms with E-state index in [0.29, 0.717) is 47.0 Å². The van der Waals surface area contributed by atoms with Gasteiger partial charge in [-0.05, 0) is 96.5 Å². The molecule has 1 aliphatic heterocycles. The van der Waals surface area contributed by atoms with E-state index in [1.54, 1.807) is 23.1 Å². The van der Waals surface area contributed by atoms with Gasteiger partial charge in [0.1, 0.15) is 0 Å². The zero-order chi connectivity index (χ0) is 23.3. The van der Waals surface area contributed by atoms with Crippen LogP contribution in [-0.2, 0) is 4.79 Å². The van der Waals surface area contributed by atoms with Crippen molar-refractivity contribution in [2.24, 2.45) is 4.99 Å². The SMILES string of the molecule is CCOc1cc(/C=C2\SC(=Nc3ccc(C(=O)O)cc3)N(CC)C2=O)cc(Br)c1OCC. The van der Waals surface area contributed by atoms with E-state index in [1.807, 2.05) is 32.9 Å². The molecule has 0 bridgehead atoms. The van der Waals surface area contributed by atoms with Crippen LogP contribution in [0.25, 0.3) is 6.08 Å². The summed E-state index contributed by atoms with van der Waals surface area (Å²) in [4.78, 5) is 30.7. The lowest BCUT2D eigenvalue weighted by atomic mass is 10.2. The van der Waals surface area contributed by atoms with Gasteiger partial charge in [0.25, 0.3) is 5.91 Å². The van der Waals surface area contributed by atoms with Crippen LogP contribution in [0.2, 0.25) is 0 Å². The maximum Gasteiger partial charge on any atom is 0.335 e. The quantitative estimate of drug-likeness (QED) is 0.459. The fourth-order valence-corrected chi connectivity index (χ4v) is 4.67. The normalized spacial score (nSPS) is 16.1. The molecule has 0 unspecified atom stereocenters. The van der Waals surface area contributed by atoms with E-state index in [-0.39, 0.29) is 11.5 Å². The molecule has 3 rings (SSSR count). The maximum absolute atomic E-state index is 13.0. The van der Waals surface area contributed by atoms with Crippen LogP contribution in [0.1, 0.15) is 36.7 Å². The molecule has 7 nitrogen and oxygen atoms in total. The lowest BCUT2D eigenvalue weighted by Gasteiger charge is -2.13. The van der Waals surface area contributed by atoms with Crippen molar-refractivity contribution in [2.75, 3.05) is 19.8 Å². The number of amides is 1. The highest BCUT2D eigenvalue weighted by Gasteiger charge is 2.32. The third-order valence-electron chi connectivity index (χ3n) is 4.46. The Balaban J connectivity index is 1.93. The molecule has 0 aromatic heterocycles. The number of carbonyl (C=O) groups excluding carboxylic acids is 1. The number of amidine groups is 1. The van der Waals surface area contributed by atoms with E-state index in [9.17, 15) is 9.59 Å². The number of hydrogen-bond acceptors (Lipinski definition) is 6. The van der Waals surface area contributed by atoms with Gasteiger partial charge in [-0.1, -0.05) is 0 Å². The number of carboxylic acid groups (broad SMARTS) is 1. The van der Waals surface area contributed by atoms with E-state index in [4.69, 9.17) is 14.6 Å². The van der Waals surface area contributed by atoms with E-state index >= 15 is 0 Å². The molecular formula is C23H23BrN2O5S. The van der Waals surface area contributed by atoms with Crippen LogP contribution in [0, 0.1) is 0 Å². The highest BCUT2D eigenvalue weighted by molar-refractivity contribution is 9.10. The molecule has 0 radical (unpaired) electrons. The number of benzene rings is 2. The predicted octanol–water partition coefficient (Wildman–Crippen LogP) is 5.57. The van der Waals surface area contributed by atoms with Crippen molar-refractivity contribution >= 4 is 56.5 Å². The summed E-state index contributed by atoms with van der Waals surface area (Å²) >= 11 is 4.80. The first-order chi connectivity index (χ1) is 15.4. The summed E-state index contributed by atoms with van der Waals surface area (Å²) in [6, 6.07) is 9.94. The third kappa shape index (κ3) is 5.34. The number of aliphatic imine (C=N–C) groups is 1. The molecule has 32 heavy (non-hydrogen) atoms. The van der Waals surface area contributed by atoms with E-state index in [1.165, 1.54) is 23.9 Å². The number of nitrogens with zero attached hydrogens (tertiary/aromatic N) is 2. The second-order valence-corrected chi connectivity index (χ2v) is 8.47. The van der Waals surface area contributed by atoms with Crippen molar-refractivity contribution in [1.82, 2.24) is 4.90 Å². The lowest BCUT2D eigenvalue weighted by Crippen LogP contribution is -2.28. The van der Waals surface area contributed by atoms with Gasteiger partial charge in [-0.2, -0.15) is 0 Å². The Kier molecular flexibility index (Phi) is 7.98. The summed E-state index contributed by atoms with van der Waals surface area (Å²) in [5, 5.41) is 9.59. The molecule has 1 fully saturated rings. The molecule has 1 saturated heterocycles. The largest absolute Gasteiger partial charge is 0.490 e. The minimum absolute atomic E-state index is 0.138. The van der Waals surface area contributed by atoms with Crippen molar-refractivity contribution in [2.45, 2.75) is 20.8 Å². The first kappa shape index (κ1) is 23.9. The first-order valence-electron chi connectivity index (χ1n) is 10.1. The van der Waals surface area contributed by atoms with Crippen LogP contribution < -0.4 is 9.47 Å².